The lowest BCUT2D eigenvalue weighted by atomic mass is 9.96. The van der Waals surface area contributed by atoms with Crippen molar-refractivity contribution >= 4 is 22.9 Å². The van der Waals surface area contributed by atoms with Crippen LogP contribution in [0.5, 0.6) is 23.0 Å². The van der Waals surface area contributed by atoms with Gasteiger partial charge in [-0.25, -0.2) is 4.39 Å². The summed E-state index contributed by atoms with van der Waals surface area (Å²) < 4.78 is 34.8. The van der Waals surface area contributed by atoms with E-state index in [2.05, 4.69) is 0 Å². The second-order valence-electron chi connectivity index (χ2n) is 6.60. The number of aromatic hydroxyl groups is 1. The summed E-state index contributed by atoms with van der Waals surface area (Å²) in [6.07, 6.45) is -0.984. The van der Waals surface area contributed by atoms with E-state index < -0.39 is 23.7 Å². The van der Waals surface area contributed by atoms with Crippen LogP contribution in [0, 0.1) is 5.82 Å². The van der Waals surface area contributed by atoms with E-state index in [1.807, 2.05) is 0 Å². The molecule has 0 saturated carbocycles. The lowest BCUT2D eigenvalue weighted by molar-refractivity contribution is -0.150. The molecule has 0 aliphatic heterocycles. The summed E-state index contributed by atoms with van der Waals surface area (Å²) in [5.74, 6) is -1.51. The molecule has 1 N–H and O–H groups in total. The summed E-state index contributed by atoms with van der Waals surface area (Å²) in [7, 11) is 4.12. The predicted octanol–water partition coefficient (Wildman–Crippen LogP) is 3.37. The molecule has 30 heavy (non-hydrogen) atoms. The van der Waals surface area contributed by atoms with Crippen molar-refractivity contribution in [3.05, 3.63) is 47.3 Å². The minimum absolute atomic E-state index is 0.0607. The van der Waals surface area contributed by atoms with E-state index in [0.717, 1.165) is 0 Å². The molecule has 0 bridgehead atoms. The van der Waals surface area contributed by atoms with E-state index >= 15 is 0 Å². The van der Waals surface area contributed by atoms with Gasteiger partial charge in [0.05, 0.1) is 21.3 Å². The number of ketones is 1. The molecular weight excluding hydrogens is 395 g/mol. The first-order valence-corrected chi connectivity index (χ1v) is 9.04. The molecule has 8 heteroatoms. The standard InChI is InChI=1S/C22H21FO7/c1-11(24)30-18-10-14(12-5-6-17(27-2)15(23)7-12)20(21(18)26)13-8-16(25)22(29-4)19(9-13)28-3/h5-9,18,25H,10H2,1-4H3. The van der Waals surface area contributed by atoms with Gasteiger partial charge in [-0.05, 0) is 41.0 Å². The Morgan fingerprint density at radius 1 is 1.03 bits per heavy atom. The number of Topliss-reactive ketones (excluding diaryl/α,β-unsaturated/α-hetero) is 1. The van der Waals surface area contributed by atoms with Crippen LogP contribution >= 0.6 is 0 Å². The zero-order chi connectivity index (χ0) is 22.0. The van der Waals surface area contributed by atoms with E-state index in [1.54, 1.807) is 6.07 Å². The van der Waals surface area contributed by atoms with Gasteiger partial charge in [0.1, 0.15) is 0 Å². The van der Waals surface area contributed by atoms with Gasteiger partial charge in [0, 0.05) is 18.9 Å². The normalized spacial score (nSPS) is 15.9. The highest BCUT2D eigenvalue weighted by molar-refractivity contribution is 6.33. The average molecular weight is 416 g/mol. The third kappa shape index (κ3) is 3.80. The fourth-order valence-corrected chi connectivity index (χ4v) is 3.51. The van der Waals surface area contributed by atoms with Gasteiger partial charge in [-0.3, -0.25) is 9.59 Å². The molecule has 3 rings (SSSR count). The van der Waals surface area contributed by atoms with E-state index in [0.29, 0.717) is 16.7 Å². The number of ether oxygens (including phenoxy) is 4. The quantitative estimate of drug-likeness (QED) is 0.722. The van der Waals surface area contributed by atoms with Crippen LogP contribution in [-0.4, -0.2) is 44.3 Å². The Hall–Kier alpha value is -3.55. The second kappa shape index (κ2) is 8.44. The molecule has 158 valence electrons. The zero-order valence-electron chi connectivity index (χ0n) is 16.9. The first-order valence-electron chi connectivity index (χ1n) is 9.04. The molecule has 0 radical (unpaired) electrons. The minimum Gasteiger partial charge on any atom is -0.504 e. The molecule has 7 nitrogen and oxygen atoms in total. The largest absolute Gasteiger partial charge is 0.504 e. The Kier molecular flexibility index (Phi) is 5.96. The molecular formula is C22H21FO7. The molecule has 1 aliphatic rings. The van der Waals surface area contributed by atoms with Crippen LogP contribution in [0.1, 0.15) is 24.5 Å². The van der Waals surface area contributed by atoms with Crippen molar-refractivity contribution in [2.45, 2.75) is 19.4 Å². The van der Waals surface area contributed by atoms with Gasteiger partial charge in [-0.15, -0.1) is 0 Å². The van der Waals surface area contributed by atoms with E-state index in [9.17, 15) is 19.1 Å². The van der Waals surface area contributed by atoms with Gasteiger partial charge >= 0.3 is 5.97 Å². The van der Waals surface area contributed by atoms with Gasteiger partial charge in [0.2, 0.25) is 11.5 Å². The van der Waals surface area contributed by atoms with Crippen LogP contribution in [0.25, 0.3) is 11.1 Å². The van der Waals surface area contributed by atoms with Gasteiger partial charge in [-0.1, -0.05) is 6.07 Å². The molecule has 1 atom stereocenters. The zero-order valence-corrected chi connectivity index (χ0v) is 16.9. The fraction of sp³-hybridized carbons (Fsp3) is 0.273. The maximum atomic E-state index is 14.3. The number of esters is 1. The van der Waals surface area contributed by atoms with Crippen molar-refractivity contribution in [1.82, 2.24) is 0 Å². The number of carbonyl (C=O) groups is 2. The van der Waals surface area contributed by atoms with Crippen molar-refractivity contribution < 1.29 is 38.0 Å². The molecule has 2 aromatic rings. The number of halogens is 1. The van der Waals surface area contributed by atoms with Crippen LogP contribution in [0.15, 0.2) is 30.3 Å². The fourth-order valence-electron chi connectivity index (χ4n) is 3.51. The van der Waals surface area contributed by atoms with Crippen molar-refractivity contribution in [1.29, 1.82) is 0 Å². The Morgan fingerprint density at radius 2 is 1.73 bits per heavy atom. The molecule has 1 aliphatic carbocycles. The summed E-state index contributed by atoms with van der Waals surface area (Å²) >= 11 is 0. The summed E-state index contributed by atoms with van der Waals surface area (Å²) in [6.45, 7) is 1.21. The second-order valence-corrected chi connectivity index (χ2v) is 6.60. The number of methoxy groups -OCH3 is 3. The molecule has 0 amide bonds. The maximum Gasteiger partial charge on any atom is 0.303 e. The molecule has 0 saturated heterocycles. The third-order valence-corrected chi connectivity index (χ3v) is 4.79. The number of phenols is 1. The van der Waals surface area contributed by atoms with E-state index in [4.69, 9.17) is 18.9 Å². The van der Waals surface area contributed by atoms with Crippen molar-refractivity contribution in [2.24, 2.45) is 0 Å². The Morgan fingerprint density at radius 3 is 2.30 bits per heavy atom. The van der Waals surface area contributed by atoms with Crippen LogP contribution in [0.3, 0.4) is 0 Å². The van der Waals surface area contributed by atoms with Crippen LogP contribution < -0.4 is 14.2 Å². The van der Waals surface area contributed by atoms with Crippen molar-refractivity contribution in [3.63, 3.8) is 0 Å². The first-order chi connectivity index (χ1) is 14.3. The summed E-state index contributed by atoms with van der Waals surface area (Å²) in [5.41, 5.74) is 1.43. The number of phenolic OH excluding ortho intramolecular Hbond substituents is 1. The van der Waals surface area contributed by atoms with E-state index in [-0.39, 0.29) is 35.0 Å². The molecule has 0 heterocycles. The summed E-state index contributed by atoms with van der Waals surface area (Å²) in [5, 5.41) is 10.3. The van der Waals surface area contributed by atoms with Gasteiger partial charge in [0.15, 0.2) is 29.2 Å². The SMILES string of the molecule is COc1ccc(C2=C(c3cc(O)c(OC)c(OC)c3)C(=O)C(OC(C)=O)C2)cc1F. The highest BCUT2D eigenvalue weighted by Crippen LogP contribution is 2.45. The van der Waals surface area contributed by atoms with Crippen LogP contribution in [0.2, 0.25) is 0 Å². The predicted molar refractivity (Wildman–Crippen MR) is 106 cm³/mol. The number of carbonyl (C=O) groups excluding carboxylic acids is 2. The highest BCUT2D eigenvalue weighted by Gasteiger charge is 2.37. The lowest BCUT2D eigenvalue weighted by Crippen LogP contribution is -2.22. The number of hydrogen-bond donors (Lipinski definition) is 1. The molecule has 0 spiro atoms. The Bertz CT molecular complexity index is 1040. The molecule has 1 unspecified atom stereocenters. The van der Waals surface area contributed by atoms with Crippen LogP contribution in [0.4, 0.5) is 4.39 Å². The number of rotatable bonds is 6. The van der Waals surface area contributed by atoms with Crippen molar-refractivity contribution in [2.75, 3.05) is 21.3 Å². The summed E-state index contributed by atoms with van der Waals surface area (Å²) in [6, 6.07) is 7.19. The molecule has 0 fully saturated rings. The number of benzene rings is 2. The molecule has 2 aromatic carbocycles. The monoisotopic (exact) mass is 416 g/mol. The number of hydrogen-bond acceptors (Lipinski definition) is 7. The topological polar surface area (TPSA) is 91.3 Å². The van der Waals surface area contributed by atoms with Crippen LogP contribution in [-0.2, 0) is 14.3 Å². The van der Waals surface area contributed by atoms with Gasteiger partial charge in [0.25, 0.3) is 0 Å². The molecule has 0 aromatic heterocycles. The third-order valence-electron chi connectivity index (χ3n) is 4.79. The minimum atomic E-state index is -1.05. The first kappa shape index (κ1) is 21.2. The Balaban J connectivity index is 2.20. The maximum absolute atomic E-state index is 14.3. The lowest BCUT2D eigenvalue weighted by Gasteiger charge is -2.14. The van der Waals surface area contributed by atoms with E-state index in [1.165, 1.54) is 52.5 Å². The smallest absolute Gasteiger partial charge is 0.303 e. The highest BCUT2D eigenvalue weighted by atomic mass is 19.1. The average Bonchev–Trinajstić information content (AvgIpc) is 3.02. The summed E-state index contributed by atoms with van der Waals surface area (Å²) in [4.78, 5) is 24.6. The van der Waals surface area contributed by atoms with Crippen molar-refractivity contribution in [3.8, 4) is 23.0 Å². The van der Waals surface area contributed by atoms with Gasteiger partial charge in [-0.2, -0.15) is 0 Å². The van der Waals surface area contributed by atoms with Gasteiger partial charge < -0.3 is 24.1 Å². The Labute approximate surface area is 172 Å².